The number of halogens is 1. The van der Waals surface area contributed by atoms with Crippen molar-refractivity contribution < 1.29 is 22.5 Å². The van der Waals surface area contributed by atoms with Crippen molar-refractivity contribution in [2.24, 2.45) is 0 Å². The van der Waals surface area contributed by atoms with Gasteiger partial charge in [-0.3, -0.25) is 14.9 Å². The number of rotatable bonds is 6. The van der Waals surface area contributed by atoms with Gasteiger partial charge < -0.3 is 5.32 Å². The van der Waals surface area contributed by atoms with Crippen molar-refractivity contribution in [3.05, 3.63) is 64.0 Å². The lowest BCUT2D eigenvalue weighted by Crippen LogP contribution is -2.27. The molecule has 1 aliphatic rings. The van der Waals surface area contributed by atoms with Crippen molar-refractivity contribution in [3.8, 4) is 0 Å². The number of non-ortho nitro benzene ring substituents is 1. The normalized spacial score (nSPS) is 14.0. The summed E-state index contributed by atoms with van der Waals surface area (Å²) in [6.07, 6.45) is 1.38. The topological polar surface area (TPSA) is 118 Å². The quantitative estimate of drug-likeness (QED) is 0.590. The molecule has 0 aromatic heterocycles. The molecule has 0 heterocycles. The second kappa shape index (κ2) is 6.81. The van der Waals surface area contributed by atoms with Gasteiger partial charge >= 0.3 is 0 Å². The molecule has 1 saturated carbocycles. The number of hydrogen-bond donors (Lipinski definition) is 2. The van der Waals surface area contributed by atoms with Gasteiger partial charge in [-0.1, -0.05) is 6.07 Å². The lowest BCUT2D eigenvalue weighted by Gasteiger charge is -2.09. The van der Waals surface area contributed by atoms with Gasteiger partial charge in [0.25, 0.3) is 11.6 Å². The molecule has 0 unspecified atom stereocenters. The standard InChI is InChI=1S/C16H14FN3O5S/c17-14-7-4-10(8-15(14)26(24,25)19-11-5-6-11)16(21)18-12-2-1-3-13(9-12)20(22)23/h1-4,7-9,11,19H,5-6H2,(H,18,21). The first-order valence-corrected chi connectivity index (χ1v) is 9.12. The van der Waals surface area contributed by atoms with E-state index in [0.29, 0.717) is 12.8 Å². The van der Waals surface area contributed by atoms with Crippen LogP contribution in [0.5, 0.6) is 0 Å². The Morgan fingerprint density at radius 2 is 1.92 bits per heavy atom. The van der Waals surface area contributed by atoms with E-state index in [9.17, 15) is 27.7 Å². The number of amides is 1. The van der Waals surface area contributed by atoms with Gasteiger partial charge in [0.2, 0.25) is 10.0 Å². The van der Waals surface area contributed by atoms with Gasteiger partial charge in [-0.25, -0.2) is 17.5 Å². The number of benzene rings is 2. The first-order chi connectivity index (χ1) is 12.3. The number of carbonyl (C=O) groups is 1. The maximum Gasteiger partial charge on any atom is 0.271 e. The van der Waals surface area contributed by atoms with Crippen molar-refractivity contribution in [1.82, 2.24) is 4.72 Å². The van der Waals surface area contributed by atoms with Gasteiger partial charge in [0.05, 0.1) is 4.92 Å². The van der Waals surface area contributed by atoms with E-state index in [-0.39, 0.29) is 23.0 Å². The molecule has 1 amide bonds. The van der Waals surface area contributed by atoms with E-state index in [4.69, 9.17) is 0 Å². The Bertz CT molecular complexity index is 989. The predicted octanol–water partition coefficient (Wildman–Crippen LogP) is 2.43. The highest BCUT2D eigenvalue weighted by molar-refractivity contribution is 7.89. The van der Waals surface area contributed by atoms with Crippen molar-refractivity contribution in [3.63, 3.8) is 0 Å². The summed E-state index contributed by atoms with van der Waals surface area (Å²) >= 11 is 0. The summed E-state index contributed by atoms with van der Waals surface area (Å²) in [6, 6.07) is 8.03. The first kappa shape index (κ1) is 18.0. The van der Waals surface area contributed by atoms with Crippen LogP contribution in [0.2, 0.25) is 0 Å². The van der Waals surface area contributed by atoms with E-state index < -0.39 is 31.6 Å². The van der Waals surface area contributed by atoms with E-state index >= 15 is 0 Å². The van der Waals surface area contributed by atoms with Crippen molar-refractivity contribution in [2.75, 3.05) is 5.32 Å². The molecule has 1 fully saturated rings. The smallest absolute Gasteiger partial charge is 0.271 e. The average molecular weight is 379 g/mol. The van der Waals surface area contributed by atoms with Crippen molar-refractivity contribution >= 4 is 27.3 Å². The first-order valence-electron chi connectivity index (χ1n) is 7.64. The fraction of sp³-hybridized carbons (Fsp3) is 0.188. The molecule has 3 rings (SSSR count). The highest BCUT2D eigenvalue weighted by Gasteiger charge is 2.30. The summed E-state index contributed by atoms with van der Waals surface area (Å²) < 4.78 is 40.7. The zero-order valence-corrected chi connectivity index (χ0v) is 14.1. The summed E-state index contributed by atoms with van der Waals surface area (Å²) in [5.41, 5.74) is -0.137. The molecular formula is C16H14FN3O5S. The predicted molar refractivity (Wildman–Crippen MR) is 90.8 cm³/mol. The summed E-state index contributed by atoms with van der Waals surface area (Å²) in [6.45, 7) is 0. The number of carbonyl (C=O) groups excluding carboxylic acids is 1. The molecule has 0 atom stereocenters. The van der Waals surface area contributed by atoms with Gasteiger partial charge in [0.1, 0.15) is 10.7 Å². The SMILES string of the molecule is O=C(Nc1cccc([N+](=O)[O-])c1)c1ccc(F)c(S(=O)(=O)NC2CC2)c1. The minimum absolute atomic E-state index is 0.0888. The Hall–Kier alpha value is -2.85. The number of hydrogen-bond acceptors (Lipinski definition) is 5. The highest BCUT2D eigenvalue weighted by atomic mass is 32.2. The van der Waals surface area contributed by atoms with E-state index in [2.05, 4.69) is 10.0 Å². The fourth-order valence-corrected chi connectivity index (χ4v) is 3.64. The molecule has 2 N–H and O–H groups in total. The second-order valence-electron chi connectivity index (χ2n) is 5.80. The Morgan fingerprint density at radius 1 is 1.19 bits per heavy atom. The molecule has 26 heavy (non-hydrogen) atoms. The van der Waals surface area contributed by atoms with Crippen LogP contribution < -0.4 is 10.0 Å². The molecule has 0 aliphatic heterocycles. The molecule has 0 spiro atoms. The van der Waals surface area contributed by atoms with Gasteiger partial charge in [-0.05, 0) is 37.1 Å². The van der Waals surface area contributed by atoms with Gasteiger partial charge in [-0.2, -0.15) is 0 Å². The van der Waals surface area contributed by atoms with E-state index in [1.807, 2.05) is 0 Å². The fourth-order valence-electron chi connectivity index (χ4n) is 2.24. The number of anilines is 1. The van der Waals surface area contributed by atoms with Crippen LogP contribution in [0.4, 0.5) is 15.8 Å². The maximum atomic E-state index is 13.9. The maximum absolute atomic E-state index is 13.9. The molecule has 0 bridgehead atoms. The van der Waals surface area contributed by atoms with Crippen LogP contribution >= 0.6 is 0 Å². The van der Waals surface area contributed by atoms with E-state index in [1.54, 1.807) is 0 Å². The van der Waals surface area contributed by atoms with Crippen LogP contribution in [0.1, 0.15) is 23.2 Å². The zero-order chi connectivity index (χ0) is 18.9. The third-order valence-corrected chi connectivity index (χ3v) is 5.23. The molecule has 8 nitrogen and oxygen atoms in total. The average Bonchev–Trinajstić information content (AvgIpc) is 3.38. The summed E-state index contributed by atoms with van der Waals surface area (Å²) in [7, 11) is -4.07. The molecule has 2 aromatic carbocycles. The van der Waals surface area contributed by atoms with Crippen molar-refractivity contribution in [2.45, 2.75) is 23.8 Å². The summed E-state index contributed by atoms with van der Waals surface area (Å²) in [5.74, 6) is -1.68. The van der Waals surface area contributed by atoms with E-state index in [1.165, 1.54) is 18.2 Å². The van der Waals surface area contributed by atoms with Crippen LogP contribution in [-0.2, 0) is 10.0 Å². The third-order valence-electron chi connectivity index (χ3n) is 3.70. The Kier molecular flexibility index (Phi) is 4.70. The van der Waals surface area contributed by atoms with Crippen LogP contribution in [0.3, 0.4) is 0 Å². The van der Waals surface area contributed by atoms with Gasteiger partial charge in [-0.15, -0.1) is 0 Å². The minimum atomic E-state index is -4.07. The van der Waals surface area contributed by atoms with Gasteiger partial charge in [0, 0.05) is 29.4 Å². The third kappa shape index (κ3) is 4.03. The Balaban J connectivity index is 1.85. The number of sulfonamides is 1. The molecule has 136 valence electrons. The largest absolute Gasteiger partial charge is 0.322 e. The van der Waals surface area contributed by atoms with Crippen LogP contribution in [-0.4, -0.2) is 25.3 Å². The number of nitro groups is 1. The van der Waals surface area contributed by atoms with Crippen molar-refractivity contribution in [1.29, 1.82) is 0 Å². The van der Waals surface area contributed by atoms with Gasteiger partial charge in [0.15, 0.2) is 0 Å². The molecule has 1 aliphatic carbocycles. The molecule has 0 radical (unpaired) electrons. The monoisotopic (exact) mass is 379 g/mol. The second-order valence-corrected chi connectivity index (χ2v) is 7.48. The van der Waals surface area contributed by atoms with Crippen LogP contribution in [0.25, 0.3) is 0 Å². The summed E-state index contributed by atoms with van der Waals surface area (Å²) in [4.78, 5) is 21.8. The van der Waals surface area contributed by atoms with Crippen LogP contribution in [0.15, 0.2) is 47.4 Å². The highest BCUT2D eigenvalue weighted by Crippen LogP contribution is 2.24. The minimum Gasteiger partial charge on any atom is -0.322 e. The van der Waals surface area contributed by atoms with E-state index in [0.717, 1.165) is 24.3 Å². The number of nitrogens with zero attached hydrogens (tertiary/aromatic N) is 1. The summed E-state index contributed by atoms with van der Waals surface area (Å²) in [5, 5.41) is 13.2. The Morgan fingerprint density at radius 3 is 2.58 bits per heavy atom. The molecule has 2 aromatic rings. The number of nitro benzene ring substituents is 1. The Labute approximate surface area is 148 Å². The zero-order valence-electron chi connectivity index (χ0n) is 13.3. The lowest BCUT2D eigenvalue weighted by molar-refractivity contribution is -0.384. The number of nitrogens with one attached hydrogen (secondary N) is 2. The molecule has 0 saturated heterocycles. The molecular weight excluding hydrogens is 365 g/mol. The van der Waals surface area contributed by atoms with Crippen LogP contribution in [0, 0.1) is 15.9 Å². The lowest BCUT2D eigenvalue weighted by atomic mass is 10.2. The molecule has 10 heteroatoms.